The quantitative estimate of drug-likeness (QED) is 0.901. The van der Waals surface area contributed by atoms with Crippen molar-refractivity contribution >= 4 is 21.8 Å². The maximum Gasteiger partial charge on any atom is 0.253 e. The predicted molar refractivity (Wildman–Crippen MR) is 65.4 cm³/mol. The molecule has 0 aliphatic carbocycles. The summed E-state index contributed by atoms with van der Waals surface area (Å²) in [5, 5.41) is 2.89. The van der Waals surface area contributed by atoms with Crippen LogP contribution in [-0.4, -0.2) is 30.6 Å². The highest BCUT2D eigenvalue weighted by Gasteiger charge is 2.12. The molecule has 88 valence electrons. The van der Waals surface area contributed by atoms with E-state index in [1.165, 1.54) is 0 Å². The second kappa shape index (κ2) is 6.60. The zero-order valence-corrected chi connectivity index (χ0v) is 11.0. The topological polar surface area (TPSA) is 51.2 Å². The van der Waals surface area contributed by atoms with Crippen molar-refractivity contribution in [3.63, 3.8) is 0 Å². The van der Waals surface area contributed by atoms with E-state index in [0.29, 0.717) is 12.2 Å². The van der Waals surface area contributed by atoms with Crippen LogP contribution in [0.25, 0.3) is 0 Å². The van der Waals surface area contributed by atoms with E-state index in [1.54, 1.807) is 25.6 Å². The van der Waals surface area contributed by atoms with Gasteiger partial charge in [0.1, 0.15) is 0 Å². The number of aromatic nitrogens is 1. The number of hydrogen-bond donors (Lipinski definition) is 1. The van der Waals surface area contributed by atoms with Crippen LogP contribution in [0.5, 0.6) is 0 Å². The number of hydrogen-bond acceptors (Lipinski definition) is 3. The molecule has 16 heavy (non-hydrogen) atoms. The fourth-order valence-electron chi connectivity index (χ4n) is 1.27. The Morgan fingerprint density at radius 3 is 2.94 bits per heavy atom. The zero-order chi connectivity index (χ0) is 12.0. The summed E-state index contributed by atoms with van der Waals surface area (Å²) in [7, 11) is 1.62. The smallest absolute Gasteiger partial charge is 0.253 e. The summed E-state index contributed by atoms with van der Waals surface area (Å²) in [6, 6.07) is 1.78. The molecule has 1 N–H and O–H groups in total. The van der Waals surface area contributed by atoms with Crippen LogP contribution in [-0.2, 0) is 4.74 Å². The van der Waals surface area contributed by atoms with E-state index >= 15 is 0 Å². The van der Waals surface area contributed by atoms with E-state index in [-0.39, 0.29) is 11.9 Å². The second-order valence-electron chi connectivity index (χ2n) is 3.43. The Kier molecular flexibility index (Phi) is 5.42. The minimum absolute atomic E-state index is 0.0384. The van der Waals surface area contributed by atoms with Crippen LogP contribution in [0.15, 0.2) is 22.9 Å². The van der Waals surface area contributed by atoms with Gasteiger partial charge in [-0.05, 0) is 28.4 Å². The zero-order valence-electron chi connectivity index (χ0n) is 9.37. The molecule has 0 unspecified atom stereocenters. The summed E-state index contributed by atoms with van der Waals surface area (Å²) in [5.74, 6) is -0.127. The van der Waals surface area contributed by atoms with Crippen molar-refractivity contribution in [1.29, 1.82) is 0 Å². The minimum atomic E-state index is -0.127. The number of methoxy groups -OCH3 is 1. The van der Waals surface area contributed by atoms with Gasteiger partial charge in [-0.1, -0.05) is 6.92 Å². The van der Waals surface area contributed by atoms with Crippen LogP contribution < -0.4 is 5.32 Å². The monoisotopic (exact) mass is 286 g/mol. The molecule has 0 bridgehead atoms. The first-order chi connectivity index (χ1) is 7.67. The van der Waals surface area contributed by atoms with E-state index in [2.05, 4.69) is 26.2 Å². The molecule has 0 aliphatic rings. The van der Waals surface area contributed by atoms with Gasteiger partial charge < -0.3 is 10.1 Å². The number of nitrogens with one attached hydrogen (secondary N) is 1. The highest BCUT2D eigenvalue weighted by molar-refractivity contribution is 9.10. The van der Waals surface area contributed by atoms with Crippen LogP contribution in [0.4, 0.5) is 0 Å². The Morgan fingerprint density at radius 2 is 2.38 bits per heavy atom. The van der Waals surface area contributed by atoms with Crippen molar-refractivity contribution in [2.24, 2.45) is 0 Å². The Morgan fingerprint density at radius 1 is 1.62 bits per heavy atom. The Labute approximate surface area is 104 Å². The first kappa shape index (κ1) is 13.1. The molecular weight excluding hydrogens is 272 g/mol. The number of halogens is 1. The molecule has 1 amide bonds. The van der Waals surface area contributed by atoms with Crippen LogP contribution in [0.3, 0.4) is 0 Å². The first-order valence-corrected chi connectivity index (χ1v) is 5.87. The largest absolute Gasteiger partial charge is 0.383 e. The van der Waals surface area contributed by atoms with Crippen molar-refractivity contribution in [3.8, 4) is 0 Å². The number of rotatable bonds is 5. The lowest BCUT2D eigenvalue weighted by Crippen LogP contribution is -2.37. The molecule has 5 heteroatoms. The van der Waals surface area contributed by atoms with Crippen LogP contribution in [0.1, 0.15) is 23.7 Å². The SMILES string of the molecule is CC[C@@H](COC)NC(=O)c1cncc(Br)c1. The number of carbonyl (C=O) groups excluding carboxylic acids is 1. The van der Waals surface area contributed by atoms with E-state index in [1.807, 2.05) is 6.92 Å². The molecule has 0 spiro atoms. The van der Waals surface area contributed by atoms with E-state index in [9.17, 15) is 4.79 Å². The summed E-state index contributed by atoms with van der Waals surface area (Å²) < 4.78 is 5.81. The average Bonchev–Trinajstić information content (AvgIpc) is 2.28. The van der Waals surface area contributed by atoms with Crippen LogP contribution in [0.2, 0.25) is 0 Å². The molecule has 0 aromatic carbocycles. The van der Waals surface area contributed by atoms with Gasteiger partial charge >= 0.3 is 0 Å². The fraction of sp³-hybridized carbons (Fsp3) is 0.455. The molecule has 1 aromatic rings. The van der Waals surface area contributed by atoms with Gasteiger partial charge in [-0.25, -0.2) is 0 Å². The normalized spacial score (nSPS) is 12.2. The molecule has 1 rings (SSSR count). The van der Waals surface area contributed by atoms with E-state index < -0.39 is 0 Å². The number of amides is 1. The summed E-state index contributed by atoms with van der Waals surface area (Å²) in [4.78, 5) is 15.8. The first-order valence-electron chi connectivity index (χ1n) is 5.07. The summed E-state index contributed by atoms with van der Waals surface area (Å²) in [6.07, 6.45) is 4.02. The average molecular weight is 287 g/mol. The van der Waals surface area contributed by atoms with Gasteiger partial charge in [0.05, 0.1) is 18.2 Å². The van der Waals surface area contributed by atoms with Crippen molar-refractivity contribution in [3.05, 3.63) is 28.5 Å². The molecule has 0 saturated heterocycles. The van der Waals surface area contributed by atoms with Gasteiger partial charge in [0.25, 0.3) is 5.91 Å². The summed E-state index contributed by atoms with van der Waals surface area (Å²) >= 11 is 3.28. The molecule has 4 nitrogen and oxygen atoms in total. The molecule has 0 fully saturated rings. The summed E-state index contributed by atoms with van der Waals surface area (Å²) in [5.41, 5.74) is 0.545. The van der Waals surface area contributed by atoms with Crippen LogP contribution in [0, 0.1) is 0 Å². The highest BCUT2D eigenvalue weighted by Crippen LogP contribution is 2.09. The van der Waals surface area contributed by atoms with Gasteiger partial charge in [0, 0.05) is 24.0 Å². The third-order valence-electron chi connectivity index (χ3n) is 2.16. The lowest BCUT2D eigenvalue weighted by molar-refractivity contribution is 0.0894. The van der Waals surface area contributed by atoms with Crippen molar-refractivity contribution < 1.29 is 9.53 Å². The molecule has 1 heterocycles. The van der Waals surface area contributed by atoms with Gasteiger partial charge in [0.2, 0.25) is 0 Å². The predicted octanol–water partition coefficient (Wildman–Crippen LogP) is 2.00. The molecule has 1 atom stereocenters. The van der Waals surface area contributed by atoms with E-state index in [4.69, 9.17) is 4.74 Å². The molecule has 0 radical (unpaired) electrons. The second-order valence-corrected chi connectivity index (χ2v) is 4.34. The third kappa shape index (κ3) is 3.90. The van der Waals surface area contributed by atoms with Crippen molar-refractivity contribution in [2.75, 3.05) is 13.7 Å². The van der Waals surface area contributed by atoms with Gasteiger partial charge in [-0.15, -0.1) is 0 Å². The number of ether oxygens (including phenoxy) is 1. The van der Waals surface area contributed by atoms with Crippen molar-refractivity contribution in [1.82, 2.24) is 10.3 Å². The van der Waals surface area contributed by atoms with Crippen LogP contribution >= 0.6 is 15.9 Å². The maximum atomic E-state index is 11.8. The molecular formula is C11H15BrN2O2. The molecule has 0 aliphatic heterocycles. The van der Waals surface area contributed by atoms with Crippen molar-refractivity contribution in [2.45, 2.75) is 19.4 Å². The lowest BCUT2D eigenvalue weighted by atomic mass is 10.2. The standard InChI is InChI=1S/C11H15BrN2O2/c1-3-10(7-16-2)14-11(15)8-4-9(12)6-13-5-8/h4-6,10H,3,7H2,1-2H3,(H,14,15)/t10-/m0/s1. The van der Waals surface area contributed by atoms with Gasteiger partial charge in [-0.2, -0.15) is 0 Å². The maximum absolute atomic E-state index is 11.8. The molecule has 1 aromatic heterocycles. The Bertz CT molecular complexity index is 358. The summed E-state index contributed by atoms with van der Waals surface area (Å²) in [6.45, 7) is 2.52. The fourth-order valence-corrected chi connectivity index (χ4v) is 1.63. The molecule has 0 saturated carbocycles. The van der Waals surface area contributed by atoms with Gasteiger partial charge in [-0.3, -0.25) is 9.78 Å². The number of carbonyl (C=O) groups is 1. The number of nitrogens with zero attached hydrogens (tertiary/aromatic N) is 1. The van der Waals surface area contributed by atoms with E-state index in [0.717, 1.165) is 10.9 Å². The Hall–Kier alpha value is -0.940. The third-order valence-corrected chi connectivity index (χ3v) is 2.60. The van der Waals surface area contributed by atoms with Gasteiger partial charge in [0.15, 0.2) is 0 Å². The lowest BCUT2D eigenvalue weighted by Gasteiger charge is -2.15. The number of pyridine rings is 1. The Balaban J connectivity index is 2.64. The highest BCUT2D eigenvalue weighted by atomic mass is 79.9. The minimum Gasteiger partial charge on any atom is -0.383 e.